The molecule has 0 aromatic heterocycles. The zero-order valence-electron chi connectivity index (χ0n) is 11.2. The van der Waals surface area contributed by atoms with E-state index in [0.29, 0.717) is 23.6 Å². The molecule has 0 aliphatic carbocycles. The fourth-order valence-corrected chi connectivity index (χ4v) is 1.77. The Kier molecular flexibility index (Phi) is 5.58. The predicted molar refractivity (Wildman–Crippen MR) is 73.4 cm³/mol. The molecule has 1 rings (SSSR count). The predicted octanol–water partition coefficient (Wildman–Crippen LogP) is 1.86. The topological polar surface area (TPSA) is 76.7 Å². The third-order valence-corrected chi connectivity index (χ3v) is 2.89. The number of aliphatic hydroxyl groups is 1. The highest BCUT2D eigenvalue weighted by Crippen LogP contribution is 2.35. The van der Waals surface area contributed by atoms with E-state index in [4.69, 9.17) is 20.3 Å². The van der Waals surface area contributed by atoms with Crippen molar-refractivity contribution in [3.8, 4) is 11.5 Å². The third-order valence-electron chi connectivity index (χ3n) is 2.89. The van der Waals surface area contributed by atoms with E-state index in [1.54, 1.807) is 20.3 Å². The van der Waals surface area contributed by atoms with Crippen LogP contribution < -0.4 is 20.5 Å². The van der Waals surface area contributed by atoms with Gasteiger partial charge >= 0.3 is 0 Å². The van der Waals surface area contributed by atoms with E-state index in [-0.39, 0.29) is 12.6 Å². The minimum absolute atomic E-state index is 0.151. The Balaban J connectivity index is 2.94. The second kappa shape index (κ2) is 6.96. The van der Waals surface area contributed by atoms with Crippen LogP contribution in [0.15, 0.2) is 12.1 Å². The second-order valence-electron chi connectivity index (χ2n) is 4.06. The van der Waals surface area contributed by atoms with Gasteiger partial charge in [0.15, 0.2) is 11.5 Å². The molecule has 5 heteroatoms. The molecule has 1 atom stereocenters. The molecule has 0 fully saturated rings. The van der Waals surface area contributed by atoms with Crippen LogP contribution in [0.4, 0.5) is 11.4 Å². The van der Waals surface area contributed by atoms with Gasteiger partial charge in [-0.05, 0) is 12.8 Å². The van der Waals surface area contributed by atoms with Crippen LogP contribution in [-0.4, -0.2) is 32.0 Å². The Hall–Kier alpha value is -1.62. The first-order chi connectivity index (χ1) is 8.65. The van der Waals surface area contributed by atoms with Crippen molar-refractivity contribution in [1.82, 2.24) is 0 Å². The van der Waals surface area contributed by atoms with Crippen LogP contribution in [0.1, 0.15) is 19.8 Å². The van der Waals surface area contributed by atoms with Crippen LogP contribution >= 0.6 is 0 Å². The Bertz CT molecular complexity index is 383. The maximum absolute atomic E-state index is 8.98. The Morgan fingerprint density at radius 1 is 1.28 bits per heavy atom. The molecule has 1 aromatic rings. The maximum Gasteiger partial charge on any atom is 0.162 e. The van der Waals surface area contributed by atoms with E-state index in [9.17, 15) is 0 Å². The molecule has 18 heavy (non-hydrogen) atoms. The van der Waals surface area contributed by atoms with E-state index in [1.165, 1.54) is 0 Å². The number of aliphatic hydroxyl groups excluding tert-OH is 1. The average Bonchev–Trinajstić information content (AvgIpc) is 2.39. The van der Waals surface area contributed by atoms with Crippen molar-refractivity contribution in [2.75, 3.05) is 31.9 Å². The van der Waals surface area contributed by atoms with Crippen LogP contribution in [0, 0.1) is 0 Å². The number of anilines is 2. The van der Waals surface area contributed by atoms with Gasteiger partial charge in [0.2, 0.25) is 0 Å². The number of benzene rings is 1. The Labute approximate surface area is 108 Å². The third kappa shape index (κ3) is 3.43. The SMILES string of the molecule is CCC(CCO)Nc1cc(OC)c(OC)cc1N. The Morgan fingerprint density at radius 3 is 2.39 bits per heavy atom. The van der Waals surface area contributed by atoms with Crippen molar-refractivity contribution in [2.45, 2.75) is 25.8 Å². The van der Waals surface area contributed by atoms with Gasteiger partial charge in [0.25, 0.3) is 0 Å². The molecule has 0 saturated heterocycles. The highest BCUT2D eigenvalue weighted by molar-refractivity contribution is 5.72. The lowest BCUT2D eigenvalue weighted by atomic mass is 10.1. The Morgan fingerprint density at radius 2 is 1.89 bits per heavy atom. The molecular weight excluding hydrogens is 232 g/mol. The van der Waals surface area contributed by atoms with Gasteiger partial charge in [-0.3, -0.25) is 0 Å². The van der Waals surface area contributed by atoms with Crippen molar-refractivity contribution in [2.24, 2.45) is 0 Å². The lowest BCUT2D eigenvalue weighted by molar-refractivity contribution is 0.278. The van der Waals surface area contributed by atoms with Crippen molar-refractivity contribution in [3.63, 3.8) is 0 Å². The van der Waals surface area contributed by atoms with Crippen LogP contribution in [-0.2, 0) is 0 Å². The molecule has 0 aliphatic rings. The second-order valence-corrected chi connectivity index (χ2v) is 4.06. The first-order valence-electron chi connectivity index (χ1n) is 6.05. The fraction of sp³-hybridized carbons (Fsp3) is 0.538. The number of nitrogens with two attached hydrogens (primary N) is 1. The van der Waals surface area contributed by atoms with Gasteiger partial charge in [0, 0.05) is 24.8 Å². The highest BCUT2D eigenvalue weighted by Gasteiger charge is 2.12. The summed E-state index contributed by atoms with van der Waals surface area (Å²) in [6.07, 6.45) is 1.60. The maximum atomic E-state index is 8.98. The van der Waals surface area contributed by atoms with E-state index in [2.05, 4.69) is 12.2 Å². The summed E-state index contributed by atoms with van der Waals surface area (Å²) in [6, 6.07) is 3.73. The summed E-state index contributed by atoms with van der Waals surface area (Å²) in [7, 11) is 3.16. The molecule has 5 nitrogen and oxygen atoms in total. The van der Waals surface area contributed by atoms with Crippen LogP contribution in [0.2, 0.25) is 0 Å². The first-order valence-corrected chi connectivity index (χ1v) is 6.05. The van der Waals surface area contributed by atoms with Crippen molar-refractivity contribution >= 4 is 11.4 Å². The molecule has 1 unspecified atom stereocenters. The summed E-state index contributed by atoms with van der Waals surface area (Å²) in [4.78, 5) is 0. The number of ether oxygens (including phenoxy) is 2. The van der Waals surface area contributed by atoms with E-state index in [0.717, 1.165) is 12.1 Å². The zero-order chi connectivity index (χ0) is 13.5. The molecular formula is C13H22N2O3. The van der Waals surface area contributed by atoms with Gasteiger partial charge in [-0.1, -0.05) is 6.92 Å². The minimum Gasteiger partial charge on any atom is -0.493 e. The standard InChI is InChI=1S/C13H22N2O3/c1-4-9(5-6-16)15-11-8-13(18-3)12(17-2)7-10(11)14/h7-9,15-16H,4-6,14H2,1-3H3. The number of rotatable bonds is 7. The average molecular weight is 254 g/mol. The number of hydrogen-bond acceptors (Lipinski definition) is 5. The van der Waals surface area contributed by atoms with Crippen LogP contribution in [0.3, 0.4) is 0 Å². The summed E-state index contributed by atoms with van der Waals surface area (Å²) in [6.45, 7) is 2.21. The minimum atomic E-state index is 0.151. The lowest BCUT2D eigenvalue weighted by Gasteiger charge is -2.20. The number of hydrogen-bond donors (Lipinski definition) is 3. The molecule has 0 radical (unpaired) electrons. The van der Waals surface area contributed by atoms with Crippen molar-refractivity contribution < 1.29 is 14.6 Å². The number of methoxy groups -OCH3 is 2. The van der Waals surface area contributed by atoms with Crippen LogP contribution in [0.25, 0.3) is 0 Å². The largest absolute Gasteiger partial charge is 0.493 e. The molecule has 1 aromatic carbocycles. The number of nitrogens with one attached hydrogen (secondary N) is 1. The summed E-state index contributed by atoms with van der Waals surface area (Å²) in [5.74, 6) is 1.24. The quantitative estimate of drug-likeness (QED) is 0.647. The van der Waals surface area contributed by atoms with Crippen molar-refractivity contribution in [1.29, 1.82) is 0 Å². The molecule has 0 aliphatic heterocycles. The van der Waals surface area contributed by atoms with Gasteiger partial charge in [-0.2, -0.15) is 0 Å². The molecule has 0 saturated carbocycles. The molecule has 0 spiro atoms. The molecule has 0 bridgehead atoms. The van der Waals surface area contributed by atoms with Gasteiger partial charge in [-0.15, -0.1) is 0 Å². The lowest BCUT2D eigenvalue weighted by Crippen LogP contribution is -2.20. The van der Waals surface area contributed by atoms with E-state index < -0.39 is 0 Å². The van der Waals surface area contributed by atoms with Gasteiger partial charge < -0.3 is 25.6 Å². The van der Waals surface area contributed by atoms with Gasteiger partial charge in [0.05, 0.1) is 25.6 Å². The smallest absolute Gasteiger partial charge is 0.162 e. The highest BCUT2D eigenvalue weighted by atomic mass is 16.5. The van der Waals surface area contributed by atoms with Gasteiger partial charge in [-0.25, -0.2) is 0 Å². The van der Waals surface area contributed by atoms with E-state index in [1.807, 2.05) is 6.07 Å². The first kappa shape index (κ1) is 14.4. The number of nitrogen functional groups attached to an aromatic ring is 1. The monoisotopic (exact) mass is 254 g/mol. The molecule has 0 heterocycles. The fourth-order valence-electron chi connectivity index (χ4n) is 1.77. The normalized spacial score (nSPS) is 12.0. The van der Waals surface area contributed by atoms with E-state index >= 15 is 0 Å². The van der Waals surface area contributed by atoms with Gasteiger partial charge in [0.1, 0.15) is 0 Å². The molecule has 0 amide bonds. The van der Waals surface area contributed by atoms with Crippen LogP contribution in [0.5, 0.6) is 11.5 Å². The van der Waals surface area contributed by atoms with Crippen molar-refractivity contribution in [3.05, 3.63) is 12.1 Å². The molecule has 102 valence electrons. The summed E-state index contributed by atoms with van der Waals surface area (Å²) >= 11 is 0. The summed E-state index contributed by atoms with van der Waals surface area (Å²) < 4.78 is 10.4. The zero-order valence-corrected chi connectivity index (χ0v) is 11.2. The summed E-state index contributed by atoms with van der Waals surface area (Å²) in [5, 5.41) is 12.3. The summed E-state index contributed by atoms with van der Waals surface area (Å²) in [5.41, 5.74) is 7.36. The molecule has 4 N–H and O–H groups in total.